The van der Waals surface area contributed by atoms with E-state index in [0.29, 0.717) is 0 Å². The fourth-order valence-electron chi connectivity index (χ4n) is 0.393. The summed E-state index contributed by atoms with van der Waals surface area (Å²) in [6.45, 7) is 1.10. The predicted molar refractivity (Wildman–Crippen MR) is 37.0 cm³/mol. The molecule has 0 aromatic heterocycles. The second kappa shape index (κ2) is 3.93. The quantitative estimate of drug-likeness (QED) is 0.410. The Balaban J connectivity index is 4.43. The van der Waals surface area contributed by atoms with E-state index in [9.17, 15) is 27.2 Å². The molecule has 82 valence electrons. The van der Waals surface area contributed by atoms with Crippen molar-refractivity contribution in [2.24, 2.45) is 0 Å². The largest absolute Gasteiger partial charge is 0.384 e. The summed E-state index contributed by atoms with van der Waals surface area (Å²) >= 11 is 0. The number of alkyl halides is 4. The predicted octanol–water partition coefficient (Wildman–Crippen LogP) is 1.76. The van der Waals surface area contributed by atoms with E-state index in [1.165, 1.54) is 0 Å². The van der Waals surface area contributed by atoms with Crippen LogP contribution in [-0.4, -0.2) is 23.8 Å². The summed E-state index contributed by atoms with van der Waals surface area (Å²) < 4.78 is 52.3. The molecule has 0 fully saturated rings. The molecule has 0 radical (unpaired) electrons. The first-order chi connectivity index (χ1) is 6.11. The summed E-state index contributed by atoms with van der Waals surface area (Å²) in [4.78, 5) is 20.7. The monoisotopic (exact) mass is 216 g/mol. The van der Waals surface area contributed by atoms with Crippen molar-refractivity contribution in [1.29, 1.82) is 0 Å². The molecule has 0 amide bonds. The minimum Gasteiger partial charge on any atom is -0.384 e. The van der Waals surface area contributed by atoms with Crippen LogP contribution >= 0.6 is 0 Å². The molecule has 0 rings (SSSR count). The van der Waals surface area contributed by atoms with Gasteiger partial charge in [-0.3, -0.25) is 0 Å². The number of carbonyl (C=O) groups excluding carboxylic acids is 2. The zero-order chi connectivity index (χ0) is 11.6. The highest BCUT2D eigenvalue weighted by Gasteiger charge is 2.44. The maximum atomic E-state index is 12.4. The third-order valence-electron chi connectivity index (χ3n) is 1.29. The van der Waals surface area contributed by atoms with Crippen LogP contribution in [0.2, 0.25) is 0 Å². The van der Waals surface area contributed by atoms with Gasteiger partial charge in [0.1, 0.15) is 0 Å². The summed E-state index contributed by atoms with van der Waals surface area (Å²) in [6, 6.07) is 0. The van der Waals surface area contributed by atoms with Gasteiger partial charge in [0.2, 0.25) is 0 Å². The molecule has 0 aliphatic heterocycles. The number of hydrogen-bond donors (Lipinski definition) is 0. The van der Waals surface area contributed by atoms with Gasteiger partial charge < -0.3 is 4.74 Å². The molecule has 0 unspecified atom stereocenters. The molecular formula is C7H8F4O3. The minimum atomic E-state index is -3.96. The van der Waals surface area contributed by atoms with Crippen molar-refractivity contribution < 1.29 is 31.9 Å². The van der Waals surface area contributed by atoms with Crippen molar-refractivity contribution in [3.8, 4) is 0 Å². The second-order valence-electron chi connectivity index (χ2n) is 2.62. The lowest BCUT2D eigenvalue weighted by Crippen LogP contribution is -2.37. The molecule has 0 spiro atoms. The van der Waals surface area contributed by atoms with E-state index in [4.69, 9.17) is 0 Å². The average molecular weight is 216 g/mol. The molecule has 0 aliphatic carbocycles. The van der Waals surface area contributed by atoms with Crippen molar-refractivity contribution in [2.45, 2.75) is 32.1 Å². The Morgan fingerprint density at radius 2 is 1.57 bits per heavy atom. The maximum absolute atomic E-state index is 12.4. The van der Waals surface area contributed by atoms with Crippen molar-refractivity contribution in [3.05, 3.63) is 0 Å². The van der Waals surface area contributed by atoms with Gasteiger partial charge >= 0.3 is 23.8 Å². The maximum Gasteiger partial charge on any atom is 0.384 e. The first-order valence-electron chi connectivity index (χ1n) is 3.63. The van der Waals surface area contributed by atoms with E-state index in [2.05, 4.69) is 4.74 Å². The van der Waals surface area contributed by atoms with Crippen LogP contribution in [0, 0.1) is 0 Å². The Morgan fingerprint density at radius 1 is 1.14 bits per heavy atom. The number of hydrogen-bond acceptors (Lipinski definition) is 3. The van der Waals surface area contributed by atoms with Crippen LogP contribution in [-0.2, 0) is 14.3 Å². The van der Waals surface area contributed by atoms with Crippen molar-refractivity contribution in [1.82, 2.24) is 0 Å². The molecular weight excluding hydrogens is 208 g/mol. The number of ether oxygens (including phenoxy) is 1. The molecule has 14 heavy (non-hydrogen) atoms. The zero-order valence-electron chi connectivity index (χ0n) is 7.44. The fourth-order valence-corrected chi connectivity index (χ4v) is 0.393. The molecule has 0 atom stereocenters. The van der Waals surface area contributed by atoms with Gasteiger partial charge in [-0.05, 0) is 0 Å². The Bertz CT molecular complexity index is 244. The molecule has 0 heterocycles. The molecule has 0 bridgehead atoms. The van der Waals surface area contributed by atoms with E-state index < -0.39 is 30.2 Å². The van der Waals surface area contributed by atoms with E-state index in [1.807, 2.05) is 0 Å². The van der Waals surface area contributed by atoms with Crippen LogP contribution in [0.3, 0.4) is 0 Å². The SMILES string of the molecule is CCC(F)(F)C(=O)OC(=O)C(C)(F)F. The summed E-state index contributed by atoms with van der Waals surface area (Å²) in [7, 11) is 0. The number of carbonyl (C=O) groups is 2. The van der Waals surface area contributed by atoms with Crippen LogP contribution < -0.4 is 0 Å². The van der Waals surface area contributed by atoms with E-state index in [1.54, 1.807) is 0 Å². The first kappa shape index (κ1) is 12.9. The Hall–Kier alpha value is -1.14. The van der Waals surface area contributed by atoms with Gasteiger partial charge in [0, 0.05) is 13.3 Å². The molecule has 3 nitrogen and oxygen atoms in total. The van der Waals surface area contributed by atoms with Crippen molar-refractivity contribution in [3.63, 3.8) is 0 Å². The fraction of sp³-hybridized carbons (Fsp3) is 0.714. The highest BCUT2D eigenvalue weighted by molar-refractivity contribution is 5.92. The van der Waals surface area contributed by atoms with Gasteiger partial charge in [0.25, 0.3) is 0 Å². The Kier molecular flexibility index (Phi) is 3.61. The minimum absolute atomic E-state index is 0.146. The third kappa shape index (κ3) is 3.31. The smallest absolute Gasteiger partial charge is 0.384 e. The van der Waals surface area contributed by atoms with E-state index in [0.717, 1.165) is 6.92 Å². The standard InChI is InChI=1S/C7H8F4O3/c1-3-7(10,11)5(13)14-4(12)6(2,8)9/h3H2,1-2H3. The molecule has 0 saturated heterocycles. The summed E-state index contributed by atoms with van der Waals surface area (Å²) in [5.74, 6) is -12.4. The van der Waals surface area contributed by atoms with Crippen molar-refractivity contribution >= 4 is 11.9 Å². The number of esters is 2. The topological polar surface area (TPSA) is 43.4 Å². The summed E-state index contributed by atoms with van der Waals surface area (Å²) in [5, 5.41) is 0. The zero-order valence-corrected chi connectivity index (χ0v) is 7.44. The van der Waals surface area contributed by atoms with Gasteiger partial charge in [-0.25, -0.2) is 9.59 Å². The van der Waals surface area contributed by atoms with Gasteiger partial charge in [-0.15, -0.1) is 0 Å². The molecule has 7 heteroatoms. The van der Waals surface area contributed by atoms with E-state index in [-0.39, 0.29) is 6.92 Å². The Labute approximate surface area is 77.0 Å². The second-order valence-corrected chi connectivity index (χ2v) is 2.62. The van der Waals surface area contributed by atoms with E-state index >= 15 is 0 Å². The molecule has 0 aromatic carbocycles. The normalized spacial score (nSPS) is 12.4. The van der Waals surface area contributed by atoms with Crippen LogP contribution in [0.25, 0.3) is 0 Å². The van der Waals surface area contributed by atoms with Gasteiger partial charge in [-0.1, -0.05) is 6.92 Å². The van der Waals surface area contributed by atoms with Gasteiger partial charge in [0.05, 0.1) is 0 Å². The Morgan fingerprint density at radius 3 is 1.86 bits per heavy atom. The van der Waals surface area contributed by atoms with Crippen LogP contribution in [0.4, 0.5) is 17.6 Å². The lowest BCUT2D eigenvalue weighted by atomic mass is 10.2. The molecule has 0 aliphatic rings. The van der Waals surface area contributed by atoms with Crippen LogP contribution in [0.15, 0.2) is 0 Å². The average Bonchev–Trinajstić information content (AvgIpc) is 2.02. The number of halogens is 4. The van der Waals surface area contributed by atoms with Crippen LogP contribution in [0.1, 0.15) is 20.3 Å². The van der Waals surface area contributed by atoms with Gasteiger partial charge in [-0.2, -0.15) is 17.6 Å². The lowest BCUT2D eigenvalue weighted by Gasteiger charge is -2.13. The lowest BCUT2D eigenvalue weighted by molar-refractivity contribution is -0.191. The number of rotatable bonds is 3. The van der Waals surface area contributed by atoms with Crippen LogP contribution in [0.5, 0.6) is 0 Å². The van der Waals surface area contributed by atoms with Gasteiger partial charge in [0.15, 0.2) is 0 Å². The highest BCUT2D eigenvalue weighted by atomic mass is 19.3. The highest BCUT2D eigenvalue weighted by Crippen LogP contribution is 2.22. The third-order valence-corrected chi connectivity index (χ3v) is 1.29. The molecule has 0 aromatic rings. The first-order valence-corrected chi connectivity index (χ1v) is 3.63. The summed E-state index contributed by atoms with van der Waals surface area (Å²) in [5.41, 5.74) is 0. The van der Waals surface area contributed by atoms with Crippen molar-refractivity contribution in [2.75, 3.05) is 0 Å². The molecule has 0 saturated carbocycles. The molecule has 0 N–H and O–H groups in total. The summed E-state index contributed by atoms with van der Waals surface area (Å²) in [6.07, 6.45) is -0.922.